The Morgan fingerprint density at radius 1 is 1.21 bits per heavy atom. The SMILES string of the molecule is COc1ccc(Cc2nc3ccc(C(=O)N(C)Cc4nccn4C)cc3o2)cc1. The molecule has 148 valence electrons. The van der Waals surface area contributed by atoms with Gasteiger partial charge in [-0.3, -0.25) is 4.79 Å². The fraction of sp³-hybridized carbons (Fsp3) is 0.227. The Labute approximate surface area is 168 Å². The summed E-state index contributed by atoms with van der Waals surface area (Å²) in [7, 11) is 5.31. The molecule has 0 saturated heterocycles. The van der Waals surface area contributed by atoms with Gasteiger partial charge in [0.15, 0.2) is 11.5 Å². The van der Waals surface area contributed by atoms with E-state index in [-0.39, 0.29) is 5.91 Å². The molecule has 2 heterocycles. The number of benzene rings is 2. The molecule has 0 aliphatic carbocycles. The Morgan fingerprint density at radius 3 is 2.69 bits per heavy atom. The van der Waals surface area contributed by atoms with Crippen LogP contribution >= 0.6 is 0 Å². The smallest absolute Gasteiger partial charge is 0.254 e. The van der Waals surface area contributed by atoms with Gasteiger partial charge in [0.25, 0.3) is 5.91 Å². The summed E-state index contributed by atoms with van der Waals surface area (Å²) in [6.45, 7) is 0.430. The van der Waals surface area contributed by atoms with Crippen molar-refractivity contribution < 1.29 is 13.9 Å². The number of ether oxygens (including phenoxy) is 1. The molecule has 0 spiro atoms. The average Bonchev–Trinajstić information content (AvgIpc) is 3.32. The van der Waals surface area contributed by atoms with E-state index in [0.29, 0.717) is 30.0 Å². The lowest BCUT2D eigenvalue weighted by molar-refractivity contribution is 0.0780. The van der Waals surface area contributed by atoms with E-state index in [1.807, 2.05) is 48.1 Å². The maximum absolute atomic E-state index is 12.8. The molecule has 0 radical (unpaired) electrons. The molecule has 7 heteroatoms. The summed E-state index contributed by atoms with van der Waals surface area (Å²) in [4.78, 5) is 23.2. The molecule has 4 aromatic rings. The van der Waals surface area contributed by atoms with Crippen molar-refractivity contribution in [1.29, 1.82) is 0 Å². The van der Waals surface area contributed by atoms with Crippen LogP contribution in [-0.2, 0) is 20.0 Å². The monoisotopic (exact) mass is 390 g/mol. The summed E-state index contributed by atoms with van der Waals surface area (Å²) in [6, 6.07) is 13.1. The molecule has 0 N–H and O–H groups in total. The zero-order chi connectivity index (χ0) is 20.4. The number of carbonyl (C=O) groups excluding carboxylic acids is 1. The predicted octanol–water partition coefficient (Wildman–Crippen LogP) is 3.43. The van der Waals surface area contributed by atoms with Gasteiger partial charge in [0.1, 0.15) is 17.1 Å². The van der Waals surface area contributed by atoms with Crippen LogP contribution in [0.3, 0.4) is 0 Å². The molecule has 0 aliphatic rings. The highest BCUT2D eigenvalue weighted by atomic mass is 16.5. The number of oxazole rings is 1. The second-order valence-corrected chi connectivity index (χ2v) is 6.93. The Morgan fingerprint density at radius 2 is 2.00 bits per heavy atom. The largest absolute Gasteiger partial charge is 0.497 e. The number of amides is 1. The van der Waals surface area contributed by atoms with Gasteiger partial charge < -0.3 is 18.6 Å². The summed E-state index contributed by atoms with van der Waals surface area (Å²) in [5.74, 6) is 2.15. The lowest BCUT2D eigenvalue weighted by atomic mass is 10.1. The van der Waals surface area contributed by atoms with E-state index < -0.39 is 0 Å². The third-order valence-electron chi connectivity index (χ3n) is 4.84. The minimum absolute atomic E-state index is 0.0944. The van der Waals surface area contributed by atoms with E-state index in [1.165, 1.54) is 0 Å². The first-order valence-electron chi connectivity index (χ1n) is 9.27. The van der Waals surface area contributed by atoms with Crippen LogP contribution in [0.2, 0.25) is 0 Å². The van der Waals surface area contributed by atoms with Crippen LogP contribution in [0.5, 0.6) is 5.75 Å². The molecular weight excluding hydrogens is 368 g/mol. The summed E-state index contributed by atoms with van der Waals surface area (Å²) in [6.07, 6.45) is 4.15. The van der Waals surface area contributed by atoms with Gasteiger partial charge in [-0.25, -0.2) is 9.97 Å². The molecule has 29 heavy (non-hydrogen) atoms. The Balaban J connectivity index is 1.51. The highest BCUT2D eigenvalue weighted by Gasteiger charge is 2.16. The number of imidazole rings is 1. The predicted molar refractivity (Wildman–Crippen MR) is 109 cm³/mol. The van der Waals surface area contributed by atoms with E-state index in [4.69, 9.17) is 9.15 Å². The topological polar surface area (TPSA) is 73.4 Å². The summed E-state index contributed by atoms with van der Waals surface area (Å²) >= 11 is 0. The molecule has 7 nitrogen and oxygen atoms in total. The first-order chi connectivity index (χ1) is 14.0. The van der Waals surface area contributed by atoms with Gasteiger partial charge in [-0.1, -0.05) is 12.1 Å². The molecule has 4 rings (SSSR count). The number of hydrogen-bond acceptors (Lipinski definition) is 5. The van der Waals surface area contributed by atoms with E-state index in [1.54, 1.807) is 37.4 Å². The van der Waals surface area contributed by atoms with Crippen molar-refractivity contribution in [2.24, 2.45) is 7.05 Å². The third-order valence-corrected chi connectivity index (χ3v) is 4.84. The normalized spacial score (nSPS) is 11.0. The lowest BCUT2D eigenvalue weighted by Gasteiger charge is -2.16. The molecule has 0 aliphatic heterocycles. The van der Waals surface area contributed by atoms with Crippen LogP contribution in [0.4, 0.5) is 0 Å². The van der Waals surface area contributed by atoms with E-state index in [0.717, 1.165) is 22.7 Å². The number of fused-ring (bicyclic) bond motifs is 1. The number of methoxy groups -OCH3 is 1. The molecule has 0 atom stereocenters. The van der Waals surface area contributed by atoms with Crippen molar-refractivity contribution >= 4 is 17.0 Å². The summed E-state index contributed by atoms with van der Waals surface area (Å²) in [5.41, 5.74) is 2.96. The molecule has 0 bridgehead atoms. The van der Waals surface area contributed by atoms with Gasteiger partial charge >= 0.3 is 0 Å². The van der Waals surface area contributed by atoms with Crippen LogP contribution < -0.4 is 4.74 Å². The quantitative estimate of drug-likeness (QED) is 0.504. The fourth-order valence-corrected chi connectivity index (χ4v) is 3.15. The summed E-state index contributed by atoms with van der Waals surface area (Å²) in [5, 5.41) is 0. The Hall–Kier alpha value is -3.61. The van der Waals surface area contributed by atoms with Crippen LogP contribution in [-0.4, -0.2) is 39.5 Å². The van der Waals surface area contributed by atoms with Crippen molar-refractivity contribution in [3.05, 3.63) is 77.7 Å². The summed E-state index contributed by atoms with van der Waals surface area (Å²) < 4.78 is 13.0. The highest BCUT2D eigenvalue weighted by molar-refractivity contribution is 5.96. The van der Waals surface area contributed by atoms with Crippen molar-refractivity contribution in [3.63, 3.8) is 0 Å². The molecular formula is C22H22N4O3. The van der Waals surface area contributed by atoms with E-state index >= 15 is 0 Å². The number of aryl methyl sites for hydroxylation is 1. The maximum atomic E-state index is 12.8. The molecule has 1 amide bonds. The highest BCUT2D eigenvalue weighted by Crippen LogP contribution is 2.21. The molecule has 0 unspecified atom stereocenters. The fourth-order valence-electron chi connectivity index (χ4n) is 3.15. The number of aromatic nitrogens is 3. The van der Waals surface area contributed by atoms with Crippen molar-refractivity contribution in [2.45, 2.75) is 13.0 Å². The van der Waals surface area contributed by atoms with Crippen LogP contribution in [0.1, 0.15) is 27.6 Å². The van der Waals surface area contributed by atoms with Crippen molar-refractivity contribution in [1.82, 2.24) is 19.4 Å². The molecule has 0 fully saturated rings. The maximum Gasteiger partial charge on any atom is 0.254 e. The van der Waals surface area contributed by atoms with Gasteiger partial charge in [0.2, 0.25) is 0 Å². The van der Waals surface area contributed by atoms with Crippen LogP contribution in [0, 0.1) is 0 Å². The number of carbonyl (C=O) groups is 1. The number of rotatable bonds is 6. The van der Waals surface area contributed by atoms with Crippen molar-refractivity contribution in [3.8, 4) is 5.75 Å². The average molecular weight is 390 g/mol. The lowest BCUT2D eigenvalue weighted by Crippen LogP contribution is -2.27. The standard InChI is InChI=1S/C22H22N4O3/c1-25-11-10-23-20(25)14-26(2)22(27)16-6-9-18-19(13-16)29-21(24-18)12-15-4-7-17(28-3)8-5-15/h4-11,13H,12,14H2,1-3H3. The number of nitrogens with zero attached hydrogens (tertiary/aromatic N) is 4. The minimum Gasteiger partial charge on any atom is -0.497 e. The van der Waals surface area contributed by atoms with Gasteiger partial charge in [-0.05, 0) is 35.9 Å². The first kappa shape index (κ1) is 18.7. The zero-order valence-corrected chi connectivity index (χ0v) is 16.6. The van der Waals surface area contributed by atoms with Crippen molar-refractivity contribution in [2.75, 3.05) is 14.2 Å². The van der Waals surface area contributed by atoms with Crippen LogP contribution in [0.25, 0.3) is 11.1 Å². The minimum atomic E-state index is -0.0944. The number of hydrogen-bond donors (Lipinski definition) is 0. The van der Waals surface area contributed by atoms with E-state index in [9.17, 15) is 4.79 Å². The zero-order valence-electron chi connectivity index (χ0n) is 16.6. The molecule has 2 aromatic carbocycles. The van der Waals surface area contributed by atoms with Crippen LogP contribution in [0.15, 0.2) is 59.3 Å². The third kappa shape index (κ3) is 3.99. The van der Waals surface area contributed by atoms with Gasteiger partial charge in [-0.2, -0.15) is 0 Å². The second-order valence-electron chi connectivity index (χ2n) is 6.93. The Kier molecular flexibility index (Phi) is 5.03. The second kappa shape index (κ2) is 7.79. The molecule has 2 aromatic heterocycles. The molecule has 0 saturated carbocycles. The van der Waals surface area contributed by atoms with Gasteiger partial charge in [-0.15, -0.1) is 0 Å². The van der Waals surface area contributed by atoms with Gasteiger partial charge in [0.05, 0.1) is 13.7 Å². The van der Waals surface area contributed by atoms with Gasteiger partial charge in [0, 0.05) is 38.5 Å². The first-order valence-corrected chi connectivity index (χ1v) is 9.27. The van der Waals surface area contributed by atoms with E-state index in [2.05, 4.69) is 9.97 Å². The Bertz CT molecular complexity index is 1140.